The molecule has 2 N–H and O–H groups in total. The average Bonchev–Trinajstić information content (AvgIpc) is 2.10. The highest BCUT2D eigenvalue weighted by Crippen LogP contribution is 2.03. The van der Waals surface area contributed by atoms with Gasteiger partial charge in [-0.05, 0) is 12.8 Å². The first-order valence-electron chi connectivity index (χ1n) is 4.18. The molecule has 0 aliphatic rings. The second kappa shape index (κ2) is 8.20. The van der Waals surface area contributed by atoms with Gasteiger partial charge in [-0.3, -0.25) is 10.0 Å². The van der Waals surface area contributed by atoms with E-state index >= 15 is 0 Å². The van der Waals surface area contributed by atoms with Gasteiger partial charge in [0, 0.05) is 12.8 Å². The summed E-state index contributed by atoms with van der Waals surface area (Å²) in [5.41, 5.74) is 1.57. The zero-order valence-electron chi connectivity index (χ0n) is 7.08. The Labute approximate surface area is 71.9 Å². The SMILES string of the molecule is O=CCCCCCCC(=O)NO. The molecule has 0 rings (SSSR count). The maximum Gasteiger partial charge on any atom is 0.243 e. The van der Waals surface area contributed by atoms with Gasteiger partial charge in [0.1, 0.15) is 6.29 Å². The molecule has 0 aromatic heterocycles. The van der Waals surface area contributed by atoms with Gasteiger partial charge >= 0.3 is 0 Å². The van der Waals surface area contributed by atoms with Crippen LogP contribution in [0.15, 0.2) is 0 Å². The zero-order valence-corrected chi connectivity index (χ0v) is 7.08. The summed E-state index contributed by atoms with van der Waals surface area (Å²) in [5, 5.41) is 8.13. The smallest absolute Gasteiger partial charge is 0.243 e. The van der Waals surface area contributed by atoms with Crippen LogP contribution in [-0.2, 0) is 9.59 Å². The summed E-state index contributed by atoms with van der Waals surface area (Å²) < 4.78 is 0. The summed E-state index contributed by atoms with van der Waals surface area (Å²) in [6.45, 7) is 0. The molecule has 12 heavy (non-hydrogen) atoms. The predicted molar refractivity (Wildman–Crippen MR) is 43.7 cm³/mol. The Bertz CT molecular complexity index is 136. The monoisotopic (exact) mass is 173 g/mol. The molecule has 0 unspecified atom stereocenters. The summed E-state index contributed by atoms with van der Waals surface area (Å²) in [7, 11) is 0. The fraction of sp³-hybridized carbons (Fsp3) is 0.750. The Balaban J connectivity index is 3.00. The molecule has 0 aliphatic heterocycles. The van der Waals surface area contributed by atoms with Crippen molar-refractivity contribution in [3.63, 3.8) is 0 Å². The van der Waals surface area contributed by atoms with E-state index in [-0.39, 0.29) is 5.91 Å². The largest absolute Gasteiger partial charge is 0.303 e. The number of hydroxylamine groups is 1. The van der Waals surface area contributed by atoms with Crippen LogP contribution in [0.25, 0.3) is 0 Å². The number of hydrogen-bond acceptors (Lipinski definition) is 3. The van der Waals surface area contributed by atoms with E-state index in [1.807, 2.05) is 0 Å². The van der Waals surface area contributed by atoms with Crippen molar-refractivity contribution in [2.24, 2.45) is 0 Å². The van der Waals surface area contributed by atoms with Crippen LogP contribution in [0.3, 0.4) is 0 Å². The average molecular weight is 173 g/mol. The van der Waals surface area contributed by atoms with Crippen LogP contribution in [-0.4, -0.2) is 17.4 Å². The van der Waals surface area contributed by atoms with Crippen LogP contribution in [0.2, 0.25) is 0 Å². The van der Waals surface area contributed by atoms with Gasteiger partial charge in [0.05, 0.1) is 0 Å². The van der Waals surface area contributed by atoms with Gasteiger partial charge in [0.25, 0.3) is 0 Å². The minimum absolute atomic E-state index is 0.342. The molecule has 0 heterocycles. The lowest BCUT2D eigenvalue weighted by molar-refractivity contribution is -0.129. The molecule has 4 nitrogen and oxygen atoms in total. The van der Waals surface area contributed by atoms with Crippen molar-refractivity contribution < 1.29 is 14.8 Å². The normalized spacial score (nSPS) is 9.42. The molecule has 0 atom stereocenters. The topological polar surface area (TPSA) is 66.4 Å². The third-order valence-corrected chi connectivity index (χ3v) is 1.60. The van der Waals surface area contributed by atoms with Crippen molar-refractivity contribution in [2.45, 2.75) is 38.5 Å². The second-order valence-electron chi connectivity index (χ2n) is 2.65. The Morgan fingerprint density at radius 2 is 1.92 bits per heavy atom. The highest BCUT2D eigenvalue weighted by atomic mass is 16.5. The number of carbonyl (C=O) groups excluding carboxylic acids is 2. The first-order valence-corrected chi connectivity index (χ1v) is 4.18. The summed E-state index contributed by atoms with van der Waals surface area (Å²) in [5.74, 6) is -0.342. The number of nitrogens with one attached hydrogen (secondary N) is 1. The van der Waals surface area contributed by atoms with Crippen LogP contribution < -0.4 is 5.48 Å². The van der Waals surface area contributed by atoms with Crippen LogP contribution in [0, 0.1) is 0 Å². The molecule has 0 aromatic carbocycles. The maximum atomic E-state index is 10.5. The number of carbonyl (C=O) groups is 2. The third kappa shape index (κ3) is 7.21. The Morgan fingerprint density at radius 1 is 1.25 bits per heavy atom. The lowest BCUT2D eigenvalue weighted by Crippen LogP contribution is -2.17. The predicted octanol–water partition coefficient (Wildman–Crippen LogP) is 1.03. The molecular formula is C8H15NO3. The molecule has 0 saturated heterocycles. The Morgan fingerprint density at radius 3 is 2.50 bits per heavy atom. The first kappa shape index (κ1) is 11.1. The van der Waals surface area contributed by atoms with Gasteiger partial charge in [-0.2, -0.15) is 0 Å². The van der Waals surface area contributed by atoms with Crippen molar-refractivity contribution in [1.29, 1.82) is 0 Å². The molecular weight excluding hydrogens is 158 g/mol. The van der Waals surface area contributed by atoms with E-state index < -0.39 is 0 Å². The molecule has 4 heteroatoms. The van der Waals surface area contributed by atoms with Crippen molar-refractivity contribution in [3.05, 3.63) is 0 Å². The lowest BCUT2D eigenvalue weighted by atomic mass is 10.1. The van der Waals surface area contributed by atoms with E-state index in [1.165, 1.54) is 0 Å². The lowest BCUT2D eigenvalue weighted by Gasteiger charge is -1.97. The molecule has 0 aromatic rings. The molecule has 0 bridgehead atoms. The van der Waals surface area contributed by atoms with E-state index in [4.69, 9.17) is 5.21 Å². The van der Waals surface area contributed by atoms with E-state index in [1.54, 1.807) is 5.48 Å². The summed E-state index contributed by atoms with van der Waals surface area (Å²) in [6, 6.07) is 0. The highest BCUT2D eigenvalue weighted by molar-refractivity contribution is 5.74. The first-order chi connectivity index (χ1) is 5.81. The molecule has 0 saturated carbocycles. The Hall–Kier alpha value is -0.900. The minimum Gasteiger partial charge on any atom is -0.303 e. The summed E-state index contributed by atoms with van der Waals surface area (Å²) in [4.78, 5) is 20.4. The maximum absolute atomic E-state index is 10.5. The number of amides is 1. The molecule has 0 aliphatic carbocycles. The van der Waals surface area contributed by atoms with Crippen LogP contribution >= 0.6 is 0 Å². The van der Waals surface area contributed by atoms with Crippen molar-refractivity contribution in [2.75, 3.05) is 0 Å². The Kier molecular flexibility index (Phi) is 7.58. The third-order valence-electron chi connectivity index (χ3n) is 1.60. The fourth-order valence-corrected chi connectivity index (χ4v) is 0.923. The van der Waals surface area contributed by atoms with E-state index in [0.717, 1.165) is 32.0 Å². The zero-order chi connectivity index (χ0) is 9.23. The number of rotatable bonds is 7. The van der Waals surface area contributed by atoms with Gasteiger partial charge in [-0.1, -0.05) is 12.8 Å². The van der Waals surface area contributed by atoms with E-state index in [0.29, 0.717) is 12.8 Å². The van der Waals surface area contributed by atoms with Gasteiger partial charge in [-0.25, -0.2) is 5.48 Å². The van der Waals surface area contributed by atoms with E-state index in [2.05, 4.69) is 0 Å². The van der Waals surface area contributed by atoms with Crippen molar-refractivity contribution in [3.8, 4) is 0 Å². The highest BCUT2D eigenvalue weighted by Gasteiger charge is 1.97. The van der Waals surface area contributed by atoms with Gasteiger partial charge < -0.3 is 4.79 Å². The minimum atomic E-state index is -0.342. The van der Waals surface area contributed by atoms with Crippen LogP contribution in [0.4, 0.5) is 0 Å². The number of aldehydes is 1. The second-order valence-corrected chi connectivity index (χ2v) is 2.65. The van der Waals surface area contributed by atoms with Gasteiger partial charge in [0.15, 0.2) is 0 Å². The summed E-state index contributed by atoms with van der Waals surface area (Å²) >= 11 is 0. The molecule has 0 spiro atoms. The van der Waals surface area contributed by atoms with E-state index in [9.17, 15) is 9.59 Å². The molecule has 1 amide bonds. The number of hydrogen-bond donors (Lipinski definition) is 2. The van der Waals surface area contributed by atoms with Gasteiger partial charge in [-0.15, -0.1) is 0 Å². The van der Waals surface area contributed by atoms with Crippen LogP contribution in [0.5, 0.6) is 0 Å². The van der Waals surface area contributed by atoms with Gasteiger partial charge in [0.2, 0.25) is 5.91 Å². The van der Waals surface area contributed by atoms with Crippen molar-refractivity contribution in [1.82, 2.24) is 5.48 Å². The number of unbranched alkanes of at least 4 members (excludes halogenated alkanes) is 4. The fourth-order valence-electron chi connectivity index (χ4n) is 0.923. The standard InChI is InChI=1S/C8H15NO3/c10-7-5-3-1-2-4-6-8(11)9-12/h7,12H,1-6H2,(H,9,11). The molecule has 0 fully saturated rings. The molecule has 0 radical (unpaired) electrons. The molecule has 70 valence electrons. The summed E-state index contributed by atoms with van der Waals surface area (Å²) in [6.07, 6.45) is 5.43. The van der Waals surface area contributed by atoms with Crippen LogP contribution in [0.1, 0.15) is 38.5 Å². The van der Waals surface area contributed by atoms with Crippen molar-refractivity contribution >= 4 is 12.2 Å². The quantitative estimate of drug-likeness (QED) is 0.261.